The highest BCUT2D eigenvalue weighted by Gasteiger charge is 2.31. The van der Waals surface area contributed by atoms with Crippen LogP contribution in [0.2, 0.25) is 0 Å². The third-order valence-corrected chi connectivity index (χ3v) is 5.29. The fraction of sp³-hybridized carbons (Fsp3) is 0.222. The minimum absolute atomic E-state index is 0.159. The Bertz CT molecular complexity index is 923. The van der Waals surface area contributed by atoms with E-state index in [-0.39, 0.29) is 10.7 Å². The number of aliphatic imine (C=N–C) groups is 1. The van der Waals surface area contributed by atoms with Gasteiger partial charge in [0, 0.05) is 5.56 Å². The molecule has 0 aliphatic carbocycles. The van der Waals surface area contributed by atoms with Crippen LogP contribution in [-0.2, 0) is 19.6 Å². The largest absolute Gasteiger partial charge is 0.456 e. The third-order valence-electron chi connectivity index (χ3n) is 3.89. The molecule has 1 heterocycles. The fourth-order valence-corrected chi connectivity index (χ4v) is 3.78. The molecule has 0 bridgehead atoms. The Morgan fingerprint density at radius 3 is 2.40 bits per heavy atom. The number of nitrogens with zero attached hydrogens (tertiary/aromatic N) is 1. The summed E-state index contributed by atoms with van der Waals surface area (Å²) in [4.78, 5) is 16.7. The van der Waals surface area contributed by atoms with E-state index in [1.165, 1.54) is 6.07 Å². The van der Waals surface area contributed by atoms with E-state index in [2.05, 4.69) is 9.71 Å². The molecule has 0 spiro atoms. The molecule has 0 radical (unpaired) electrons. The number of hydrogen-bond donors (Lipinski definition) is 1. The van der Waals surface area contributed by atoms with Crippen molar-refractivity contribution in [3.63, 3.8) is 0 Å². The Morgan fingerprint density at radius 1 is 1.04 bits per heavy atom. The quantitative estimate of drug-likeness (QED) is 0.851. The van der Waals surface area contributed by atoms with Crippen molar-refractivity contribution in [3.05, 3.63) is 65.7 Å². The Kier molecular flexibility index (Phi) is 4.59. The van der Waals surface area contributed by atoms with E-state index in [9.17, 15) is 13.2 Å². The molecule has 0 aromatic heterocycles. The molecule has 6 nitrogen and oxygen atoms in total. The van der Waals surface area contributed by atoms with Crippen molar-refractivity contribution >= 4 is 21.8 Å². The van der Waals surface area contributed by atoms with Crippen LogP contribution in [0.1, 0.15) is 31.1 Å². The second-order valence-corrected chi connectivity index (χ2v) is 7.40. The Balaban J connectivity index is 1.77. The first-order valence-corrected chi connectivity index (χ1v) is 9.32. The standard InChI is InChI=1S/C18H18N2O4S/c1-12(18(21)24-13(2)14-8-4-3-5-9-14)19-17-15-10-6-7-11-16(15)25(22,23)20-17/h3-13H,1-2H3,(H,19,20)/t12-,13-/m0/s1. The van der Waals surface area contributed by atoms with Crippen LogP contribution >= 0.6 is 0 Å². The third kappa shape index (κ3) is 3.56. The molecule has 3 rings (SSSR count). The number of esters is 1. The van der Waals surface area contributed by atoms with Crippen molar-refractivity contribution in [1.29, 1.82) is 0 Å². The average Bonchev–Trinajstić information content (AvgIpc) is 2.86. The Labute approximate surface area is 146 Å². The molecular formula is C18H18N2O4S. The Morgan fingerprint density at radius 2 is 1.68 bits per heavy atom. The van der Waals surface area contributed by atoms with Crippen LogP contribution in [0, 0.1) is 0 Å². The fourth-order valence-electron chi connectivity index (χ4n) is 2.54. The number of fused-ring (bicyclic) bond motifs is 1. The molecular weight excluding hydrogens is 340 g/mol. The highest BCUT2D eigenvalue weighted by molar-refractivity contribution is 7.90. The van der Waals surface area contributed by atoms with Crippen molar-refractivity contribution in [1.82, 2.24) is 4.72 Å². The summed E-state index contributed by atoms with van der Waals surface area (Å²) < 4.78 is 31.9. The van der Waals surface area contributed by atoms with E-state index < -0.39 is 28.1 Å². The van der Waals surface area contributed by atoms with Crippen LogP contribution < -0.4 is 4.72 Å². The van der Waals surface area contributed by atoms with Gasteiger partial charge in [0.15, 0.2) is 0 Å². The molecule has 0 saturated carbocycles. The second kappa shape index (κ2) is 6.68. The highest BCUT2D eigenvalue weighted by Crippen LogP contribution is 2.23. The summed E-state index contributed by atoms with van der Waals surface area (Å²) in [6.07, 6.45) is -0.413. The van der Waals surface area contributed by atoms with Gasteiger partial charge in [-0.3, -0.25) is 9.71 Å². The van der Waals surface area contributed by atoms with Gasteiger partial charge < -0.3 is 4.74 Å². The lowest BCUT2D eigenvalue weighted by Gasteiger charge is -2.15. The molecule has 0 saturated heterocycles. The lowest BCUT2D eigenvalue weighted by molar-refractivity contribution is -0.149. The highest BCUT2D eigenvalue weighted by atomic mass is 32.2. The maximum atomic E-state index is 12.3. The van der Waals surface area contributed by atoms with Crippen LogP contribution in [0.4, 0.5) is 0 Å². The number of hydrogen-bond acceptors (Lipinski definition) is 5. The topological polar surface area (TPSA) is 84.8 Å². The van der Waals surface area contributed by atoms with Gasteiger partial charge in [-0.05, 0) is 31.5 Å². The van der Waals surface area contributed by atoms with Gasteiger partial charge in [0.05, 0.1) is 4.90 Å². The van der Waals surface area contributed by atoms with Gasteiger partial charge in [-0.2, -0.15) is 0 Å². The lowest BCUT2D eigenvalue weighted by Crippen LogP contribution is -2.27. The van der Waals surface area contributed by atoms with E-state index in [0.29, 0.717) is 5.56 Å². The summed E-state index contributed by atoms with van der Waals surface area (Å²) in [6, 6.07) is 15.0. The molecule has 0 unspecified atom stereocenters. The molecule has 7 heteroatoms. The van der Waals surface area contributed by atoms with Gasteiger partial charge in [-0.15, -0.1) is 0 Å². The van der Waals surface area contributed by atoms with E-state index in [1.54, 1.807) is 32.0 Å². The zero-order valence-electron chi connectivity index (χ0n) is 13.8. The molecule has 1 aliphatic heterocycles. The van der Waals surface area contributed by atoms with Gasteiger partial charge >= 0.3 is 5.97 Å². The number of carbonyl (C=O) groups excluding carboxylic acids is 1. The monoisotopic (exact) mass is 358 g/mol. The minimum atomic E-state index is -3.63. The molecule has 2 aromatic carbocycles. The number of benzene rings is 2. The first-order valence-electron chi connectivity index (χ1n) is 7.84. The lowest BCUT2D eigenvalue weighted by atomic mass is 10.1. The van der Waals surface area contributed by atoms with Crippen LogP contribution in [-0.4, -0.2) is 26.3 Å². The van der Waals surface area contributed by atoms with E-state index in [1.807, 2.05) is 30.3 Å². The summed E-state index contributed by atoms with van der Waals surface area (Å²) in [6.45, 7) is 3.35. The SMILES string of the molecule is C[C@H](N=C1NS(=O)(=O)c2ccccc21)C(=O)O[C@@H](C)c1ccccc1. The molecule has 2 aromatic rings. The van der Waals surface area contributed by atoms with E-state index in [0.717, 1.165) is 5.56 Å². The van der Waals surface area contributed by atoms with Crippen molar-refractivity contribution in [2.75, 3.05) is 0 Å². The normalized spacial score (nSPS) is 18.9. The van der Waals surface area contributed by atoms with Crippen LogP contribution in [0.5, 0.6) is 0 Å². The van der Waals surface area contributed by atoms with Crippen LogP contribution in [0.15, 0.2) is 64.5 Å². The minimum Gasteiger partial charge on any atom is -0.456 e. The number of sulfonamides is 1. The van der Waals surface area contributed by atoms with Gasteiger partial charge in [-0.25, -0.2) is 13.2 Å². The first kappa shape index (κ1) is 17.2. The summed E-state index contributed by atoms with van der Waals surface area (Å²) in [5, 5.41) is 0. The molecule has 0 fully saturated rings. The van der Waals surface area contributed by atoms with Crippen molar-refractivity contribution in [2.45, 2.75) is 30.9 Å². The molecule has 130 valence electrons. The number of nitrogens with one attached hydrogen (secondary N) is 1. The van der Waals surface area contributed by atoms with Gasteiger partial charge in [0.25, 0.3) is 10.0 Å². The van der Waals surface area contributed by atoms with Crippen molar-refractivity contribution in [3.8, 4) is 0 Å². The predicted molar refractivity (Wildman–Crippen MR) is 93.7 cm³/mol. The van der Waals surface area contributed by atoms with E-state index >= 15 is 0 Å². The zero-order chi connectivity index (χ0) is 18.0. The summed E-state index contributed by atoms with van der Waals surface area (Å²) >= 11 is 0. The van der Waals surface area contributed by atoms with Crippen LogP contribution in [0.25, 0.3) is 0 Å². The average molecular weight is 358 g/mol. The number of carbonyl (C=O) groups is 1. The first-order chi connectivity index (χ1) is 11.9. The van der Waals surface area contributed by atoms with Crippen LogP contribution in [0.3, 0.4) is 0 Å². The summed E-state index contributed by atoms with van der Waals surface area (Å²) in [5.74, 6) is -0.361. The zero-order valence-corrected chi connectivity index (χ0v) is 14.7. The number of ether oxygens (including phenoxy) is 1. The van der Waals surface area contributed by atoms with Gasteiger partial charge in [0.2, 0.25) is 0 Å². The molecule has 1 N–H and O–H groups in total. The van der Waals surface area contributed by atoms with Crippen molar-refractivity contribution in [2.24, 2.45) is 4.99 Å². The number of rotatable bonds is 4. The summed E-state index contributed by atoms with van der Waals surface area (Å²) in [5.41, 5.74) is 1.33. The molecule has 1 aliphatic rings. The van der Waals surface area contributed by atoms with Crippen molar-refractivity contribution < 1.29 is 17.9 Å². The maximum absolute atomic E-state index is 12.3. The molecule has 0 amide bonds. The smallest absolute Gasteiger partial charge is 0.331 e. The second-order valence-electron chi connectivity index (χ2n) is 5.75. The summed E-state index contributed by atoms with van der Waals surface area (Å²) in [7, 11) is -3.63. The maximum Gasteiger partial charge on any atom is 0.331 e. The predicted octanol–water partition coefficient (Wildman–Crippen LogP) is 2.42. The Hall–Kier alpha value is -2.67. The van der Waals surface area contributed by atoms with E-state index in [4.69, 9.17) is 4.74 Å². The van der Waals surface area contributed by atoms with Gasteiger partial charge in [-0.1, -0.05) is 42.5 Å². The number of amidine groups is 1. The molecule has 2 atom stereocenters. The van der Waals surface area contributed by atoms with Gasteiger partial charge in [0.1, 0.15) is 18.0 Å². The molecule has 25 heavy (non-hydrogen) atoms.